The lowest BCUT2D eigenvalue weighted by Crippen LogP contribution is -2.72. The number of fused-ring (bicyclic) bond motifs is 2. The van der Waals surface area contributed by atoms with E-state index in [4.69, 9.17) is 4.74 Å². The molecule has 5 saturated carbocycles. The third-order valence-corrected chi connectivity index (χ3v) is 8.41. The molecule has 6 rings (SSSR count). The van der Waals surface area contributed by atoms with Crippen LogP contribution in [0.1, 0.15) is 51.9 Å². The highest BCUT2D eigenvalue weighted by Crippen LogP contribution is 2.71. The molecule has 1 saturated heterocycles. The van der Waals surface area contributed by atoms with Gasteiger partial charge in [-0.05, 0) is 62.4 Å². The van der Waals surface area contributed by atoms with Crippen LogP contribution in [0.3, 0.4) is 0 Å². The van der Waals surface area contributed by atoms with Crippen LogP contribution in [0.25, 0.3) is 0 Å². The Balaban J connectivity index is 1.75. The van der Waals surface area contributed by atoms with Gasteiger partial charge in [-0.15, -0.1) is 0 Å². The number of esters is 2. The van der Waals surface area contributed by atoms with Gasteiger partial charge < -0.3 is 4.74 Å². The lowest BCUT2D eigenvalue weighted by molar-refractivity contribution is -0.228. The first kappa shape index (κ1) is 15.5. The van der Waals surface area contributed by atoms with Crippen molar-refractivity contribution in [2.45, 2.75) is 51.9 Å². The molecule has 1 spiro atoms. The number of carbonyl (C=O) groups excluding carboxylic acids is 4. The van der Waals surface area contributed by atoms with Gasteiger partial charge in [0.25, 0.3) is 0 Å². The molecule has 0 aromatic carbocycles. The lowest BCUT2D eigenvalue weighted by atomic mass is 9.35. The van der Waals surface area contributed by atoms with Crippen molar-refractivity contribution in [2.24, 2.45) is 34.0 Å². The first-order valence-electron chi connectivity index (χ1n) is 9.32. The summed E-state index contributed by atoms with van der Waals surface area (Å²) in [6.45, 7) is 5.79. The van der Waals surface area contributed by atoms with Gasteiger partial charge in [-0.1, -0.05) is 13.0 Å². The zero-order valence-electron chi connectivity index (χ0n) is 14.4. The van der Waals surface area contributed by atoms with E-state index in [-0.39, 0.29) is 35.7 Å². The maximum atomic E-state index is 13.3. The van der Waals surface area contributed by atoms with Crippen LogP contribution in [0.4, 0.5) is 0 Å². The van der Waals surface area contributed by atoms with Crippen molar-refractivity contribution in [1.82, 2.24) is 0 Å². The van der Waals surface area contributed by atoms with E-state index >= 15 is 0 Å². The van der Waals surface area contributed by atoms with Crippen molar-refractivity contribution in [1.29, 1.82) is 0 Å². The third-order valence-electron chi connectivity index (χ3n) is 8.41. The molecule has 25 heavy (non-hydrogen) atoms. The highest BCUT2D eigenvalue weighted by atomic mass is 16.6. The van der Waals surface area contributed by atoms with E-state index in [1.807, 2.05) is 6.92 Å². The molecular weight excluding hydrogens is 320 g/mol. The summed E-state index contributed by atoms with van der Waals surface area (Å²) >= 11 is 0. The molecule has 6 aliphatic rings. The van der Waals surface area contributed by atoms with E-state index in [1.54, 1.807) is 0 Å². The first-order chi connectivity index (χ1) is 11.8. The number of allylic oxidation sites excluding steroid dienone is 1. The normalized spacial score (nSPS) is 51.1. The summed E-state index contributed by atoms with van der Waals surface area (Å²) in [5.74, 6) is -1.79. The van der Waals surface area contributed by atoms with Crippen LogP contribution < -0.4 is 0 Å². The van der Waals surface area contributed by atoms with Crippen molar-refractivity contribution in [3.8, 4) is 0 Å². The van der Waals surface area contributed by atoms with E-state index in [0.717, 1.165) is 12.8 Å². The molecule has 6 fully saturated rings. The van der Waals surface area contributed by atoms with Crippen LogP contribution in [0.15, 0.2) is 12.2 Å². The van der Waals surface area contributed by atoms with Crippen molar-refractivity contribution in [2.75, 3.05) is 0 Å². The highest BCUT2D eigenvalue weighted by molar-refractivity contribution is 6.17. The summed E-state index contributed by atoms with van der Waals surface area (Å²) in [7, 11) is 0. The van der Waals surface area contributed by atoms with Gasteiger partial charge in [-0.3, -0.25) is 19.2 Å². The van der Waals surface area contributed by atoms with Gasteiger partial charge in [-0.25, -0.2) is 0 Å². The lowest BCUT2D eigenvalue weighted by Gasteiger charge is -2.66. The number of ketones is 2. The Morgan fingerprint density at radius 1 is 1.04 bits per heavy atom. The molecule has 1 aliphatic heterocycles. The van der Waals surface area contributed by atoms with Gasteiger partial charge >= 0.3 is 11.9 Å². The Kier molecular flexibility index (Phi) is 2.66. The maximum absolute atomic E-state index is 13.3. The third kappa shape index (κ3) is 1.41. The molecule has 4 bridgehead atoms. The van der Waals surface area contributed by atoms with Crippen LogP contribution in [0.5, 0.6) is 0 Å². The largest absolute Gasteiger partial charge is 0.392 e. The molecule has 3 unspecified atom stereocenters. The Morgan fingerprint density at radius 3 is 2.56 bits per heavy atom. The molecule has 1 heterocycles. The number of carbonyl (C=O) groups is 4. The van der Waals surface area contributed by atoms with Gasteiger partial charge in [0.2, 0.25) is 0 Å². The molecular formula is C20H22O5. The van der Waals surface area contributed by atoms with Crippen molar-refractivity contribution < 1.29 is 23.9 Å². The fourth-order valence-electron chi connectivity index (χ4n) is 7.13. The van der Waals surface area contributed by atoms with E-state index < -0.39 is 28.2 Å². The van der Waals surface area contributed by atoms with Gasteiger partial charge in [-0.2, -0.15) is 0 Å². The van der Waals surface area contributed by atoms with E-state index in [2.05, 4.69) is 6.58 Å². The summed E-state index contributed by atoms with van der Waals surface area (Å²) < 4.78 is 5.24. The fraction of sp³-hybridized carbons (Fsp3) is 0.700. The van der Waals surface area contributed by atoms with Gasteiger partial charge in [0.1, 0.15) is 5.78 Å². The van der Waals surface area contributed by atoms with Gasteiger partial charge in [0.15, 0.2) is 5.78 Å². The number of hydrogen-bond donors (Lipinski definition) is 0. The van der Waals surface area contributed by atoms with Crippen molar-refractivity contribution >= 4 is 23.5 Å². The topological polar surface area (TPSA) is 77.5 Å². The molecule has 0 radical (unpaired) electrons. The average molecular weight is 342 g/mol. The molecule has 0 amide bonds. The minimum Gasteiger partial charge on any atom is -0.392 e. The number of rotatable bonds is 0. The summed E-state index contributed by atoms with van der Waals surface area (Å²) in [6.07, 6.45) is 4.11. The quantitative estimate of drug-likeness (QED) is 0.384. The minimum absolute atomic E-state index is 0.0545. The Bertz CT molecular complexity index is 781. The van der Waals surface area contributed by atoms with Crippen LogP contribution in [-0.4, -0.2) is 23.5 Å². The average Bonchev–Trinajstić information content (AvgIpc) is 2.59. The second-order valence-corrected chi connectivity index (χ2v) is 9.02. The van der Waals surface area contributed by atoms with Crippen LogP contribution >= 0.6 is 0 Å². The second-order valence-electron chi connectivity index (χ2n) is 9.02. The number of cyclic esters (lactones) is 2. The summed E-state index contributed by atoms with van der Waals surface area (Å²) in [5, 5.41) is 0. The molecule has 5 heteroatoms. The smallest absolute Gasteiger partial charge is 0.320 e. The minimum atomic E-state index is -1.10. The predicted octanol–water partition coefficient (Wildman–Crippen LogP) is 2.38. The standard InChI is InChI=1S/C20H22O5/c1-10-11-4-7-20(15(10)22)13(8-11)19-6-3-5-18(2,12(19)9-14(20)21)16(23)25-17(19)24/h11-13H,1,3-9H2,2H3/t11-,12?,13?,18+,19?,20+/m0/s1. The number of ether oxygens (including phenoxy) is 1. The molecule has 6 atom stereocenters. The van der Waals surface area contributed by atoms with Crippen molar-refractivity contribution in [3.63, 3.8) is 0 Å². The second kappa shape index (κ2) is 4.30. The Hall–Kier alpha value is -1.78. The van der Waals surface area contributed by atoms with Crippen LogP contribution in [0, 0.1) is 34.0 Å². The SMILES string of the molecule is C=C1C(=O)[C@]23CC[C@H]1CC2C12CCC[C@@](C)(C(=O)OC1=O)C2CC3=O. The van der Waals surface area contributed by atoms with E-state index in [0.29, 0.717) is 31.3 Å². The molecule has 132 valence electrons. The number of hydrogen-bond acceptors (Lipinski definition) is 5. The van der Waals surface area contributed by atoms with Crippen LogP contribution in [-0.2, 0) is 23.9 Å². The van der Waals surface area contributed by atoms with Gasteiger partial charge in [0, 0.05) is 6.42 Å². The molecule has 5 nitrogen and oxygen atoms in total. The Labute approximate surface area is 146 Å². The van der Waals surface area contributed by atoms with Gasteiger partial charge in [0.05, 0.1) is 16.2 Å². The maximum Gasteiger partial charge on any atom is 0.320 e. The van der Waals surface area contributed by atoms with Crippen LogP contribution in [0.2, 0.25) is 0 Å². The Morgan fingerprint density at radius 2 is 1.80 bits per heavy atom. The highest BCUT2D eigenvalue weighted by Gasteiger charge is 2.77. The van der Waals surface area contributed by atoms with E-state index in [1.165, 1.54) is 0 Å². The molecule has 0 aromatic rings. The van der Waals surface area contributed by atoms with Crippen molar-refractivity contribution in [3.05, 3.63) is 12.2 Å². The first-order valence-corrected chi connectivity index (χ1v) is 9.32. The number of Topliss-reactive ketones (excluding diaryl/α,β-unsaturated/α-hetero) is 2. The van der Waals surface area contributed by atoms with E-state index in [9.17, 15) is 19.2 Å². The zero-order valence-corrected chi connectivity index (χ0v) is 14.4. The fourth-order valence-corrected chi connectivity index (χ4v) is 7.13. The molecule has 0 aromatic heterocycles. The predicted molar refractivity (Wildman–Crippen MR) is 86.0 cm³/mol. The molecule has 5 aliphatic carbocycles. The summed E-state index contributed by atoms with van der Waals surface area (Å²) in [4.78, 5) is 51.9. The zero-order chi connectivity index (χ0) is 17.8. The summed E-state index contributed by atoms with van der Waals surface area (Å²) in [5.41, 5.74) is -2.19. The summed E-state index contributed by atoms with van der Waals surface area (Å²) in [6, 6.07) is 0. The monoisotopic (exact) mass is 342 g/mol. The molecule has 0 N–H and O–H groups in total.